The molecule has 1 nitrogen and oxygen atoms in total. The van der Waals surface area contributed by atoms with E-state index in [1.807, 2.05) is 12.1 Å². The molecule has 0 amide bonds. The maximum absolute atomic E-state index is 13.5. The summed E-state index contributed by atoms with van der Waals surface area (Å²) in [6.07, 6.45) is 1.91. The fraction of sp³-hybridized carbons (Fsp3) is 0.571. The number of benzene rings is 1. The largest absolute Gasteiger partial charge is 0.316 e. The van der Waals surface area contributed by atoms with Crippen LogP contribution in [0.1, 0.15) is 32.8 Å². The molecule has 0 aromatic heterocycles. The normalized spacial score (nSPS) is 11.8. The molecule has 0 unspecified atom stereocenters. The molecule has 1 rings (SSSR count). The summed E-state index contributed by atoms with van der Waals surface area (Å²) in [4.78, 5) is 0. The van der Waals surface area contributed by atoms with Crippen LogP contribution in [0.5, 0.6) is 0 Å². The Morgan fingerprint density at radius 2 is 1.94 bits per heavy atom. The minimum Gasteiger partial charge on any atom is -0.316 e. The second-order valence-corrected chi connectivity index (χ2v) is 5.11. The van der Waals surface area contributed by atoms with Crippen molar-refractivity contribution < 1.29 is 4.39 Å². The molecule has 0 aliphatic carbocycles. The van der Waals surface area contributed by atoms with Crippen LogP contribution in [0.4, 0.5) is 4.39 Å². The van der Waals surface area contributed by atoms with Gasteiger partial charge in [-0.15, -0.1) is 0 Å². The van der Waals surface area contributed by atoms with Gasteiger partial charge >= 0.3 is 0 Å². The van der Waals surface area contributed by atoms with E-state index in [0.29, 0.717) is 0 Å². The van der Waals surface area contributed by atoms with E-state index in [2.05, 4.69) is 26.1 Å². The minimum atomic E-state index is -0.0916. The van der Waals surface area contributed by atoms with Crippen LogP contribution in [-0.2, 0) is 6.42 Å². The molecular formula is C14H22FN. The fourth-order valence-electron chi connectivity index (χ4n) is 1.82. The molecule has 0 aliphatic heterocycles. The molecule has 0 saturated carbocycles. The Hall–Kier alpha value is -0.890. The second kappa shape index (κ2) is 6.00. The van der Waals surface area contributed by atoms with Crippen LogP contribution in [0, 0.1) is 11.2 Å². The third kappa shape index (κ3) is 4.31. The summed E-state index contributed by atoms with van der Waals surface area (Å²) in [5.41, 5.74) is 0.906. The van der Waals surface area contributed by atoms with Crippen molar-refractivity contribution in [2.45, 2.75) is 33.6 Å². The maximum atomic E-state index is 13.5. The zero-order chi connectivity index (χ0) is 12.0. The quantitative estimate of drug-likeness (QED) is 0.729. The van der Waals surface area contributed by atoms with Gasteiger partial charge < -0.3 is 5.32 Å². The highest BCUT2D eigenvalue weighted by atomic mass is 19.1. The van der Waals surface area contributed by atoms with Crippen LogP contribution in [0.3, 0.4) is 0 Å². The van der Waals surface area contributed by atoms with Gasteiger partial charge in [-0.05, 0) is 36.4 Å². The summed E-state index contributed by atoms with van der Waals surface area (Å²) in [5, 5.41) is 3.39. The molecule has 1 aromatic carbocycles. The van der Waals surface area contributed by atoms with Crippen LogP contribution in [-0.4, -0.2) is 13.1 Å². The Labute approximate surface area is 98.1 Å². The predicted molar refractivity (Wildman–Crippen MR) is 67.0 cm³/mol. The average Bonchev–Trinajstić information content (AvgIpc) is 2.21. The number of nitrogens with one attached hydrogen (secondary N) is 1. The molecule has 0 heterocycles. The first-order valence-corrected chi connectivity index (χ1v) is 5.99. The van der Waals surface area contributed by atoms with Crippen molar-refractivity contribution in [3.05, 3.63) is 35.6 Å². The molecule has 0 atom stereocenters. The summed E-state index contributed by atoms with van der Waals surface area (Å²) in [7, 11) is 0. The van der Waals surface area contributed by atoms with Crippen LogP contribution in [0.25, 0.3) is 0 Å². The second-order valence-electron chi connectivity index (χ2n) is 5.11. The number of rotatable bonds is 6. The summed E-state index contributed by atoms with van der Waals surface area (Å²) in [6.45, 7) is 8.44. The van der Waals surface area contributed by atoms with E-state index in [1.54, 1.807) is 6.07 Å². The monoisotopic (exact) mass is 223 g/mol. The van der Waals surface area contributed by atoms with E-state index in [1.165, 1.54) is 6.07 Å². The van der Waals surface area contributed by atoms with Crippen molar-refractivity contribution in [2.75, 3.05) is 13.1 Å². The van der Waals surface area contributed by atoms with E-state index in [0.717, 1.165) is 31.5 Å². The van der Waals surface area contributed by atoms with Crippen molar-refractivity contribution in [1.29, 1.82) is 0 Å². The molecule has 1 aromatic rings. The van der Waals surface area contributed by atoms with E-state index in [9.17, 15) is 4.39 Å². The maximum Gasteiger partial charge on any atom is 0.126 e. The highest BCUT2D eigenvalue weighted by molar-refractivity contribution is 5.18. The summed E-state index contributed by atoms with van der Waals surface area (Å²) >= 11 is 0. The Morgan fingerprint density at radius 1 is 1.25 bits per heavy atom. The minimum absolute atomic E-state index is 0.0916. The van der Waals surface area contributed by atoms with Gasteiger partial charge in [0.25, 0.3) is 0 Å². The number of hydrogen-bond acceptors (Lipinski definition) is 1. The Kier molecular flexibility index (Phi) is 4.94. The first-order chi connectivity index (χ1) is 7.55. The lowest BCUT2D eigenvalue weighted by molar-refractivity contribution is 0.334. The van der Waals surface area contributed by atoms with Crippen molar-refractivity contribution >= 4 is 0 Å². The first kappa shape index (κ1) is 13.2. The molecule has 0 radical (unpaired) electrons. The zero-order valence-corrected chi connectivity index (χ0v) is 10.5. The highest BCUT2D eigenvalue weighted by Gasteiger charge is 2.19. The van der Waals surface area contributed by atoms with Gasteiger partial charge in [0.2, 0.25) is 0 Å². The third-order valence-electron chi connectivity index (χ3n) is 2.66. The molecule has 0 bridgehead atoms. The van der Waals surface area contributed by atoms with Gasteiger partial charge in [-0.3, -0.25) is 0 Å². The smallest absolute Gasteiger partial charge is 0.126 e. The van der Waals surface area contributed by atoms with Crippen LogP contribution in [0.2, 0.25) is 0 Å². The molecule has 16 heavy (non-hydrogen) atoms. The summed E-state index contributed by atoms with van der Waals surface area (Å²) < 4.78 is 13.5. The Balaban J connectivity index is 2.55. The Bertz CT molecular complexity index is 320. The van der Waals surface area contributed by atoms with Crippen molar-refractivity contribution in [3.63, 3.8) is 0 Å². The third-order valence-corrected chi connectivity index (χ3v) is 2.66. The SMILES string of the molecule is CCCNCC(C)(C)Cc1ccccc1F. The van der Waals surface area contributed by atoms with Gasteiger partial charge in [0.05, 0.1) is 0 Å². The molecular weight excluding hydrogens is 201 g/mol. The van der Waals surface area contributed by atoms with Crippen LogP contribution in [0.15, 0.2) is 24.3 Å². The van der Waals surface area contributed by atoms with Gasteiger partial charge in [-0.25, -0.2) is 4.39 Å². The molecule has 0 aliphatic rings. The number of hydrogen-bond donors (Lipinski definition) is 1. The van der Waals surface area contributed by atoms with Crippen molar-refractivity contribution in [3.8, 4) is 0 Å². The van der Waals surface area contributed by atoms with Gasteiger partial charge in [0.1, 0.15) is 5.82 Å². The topological polar surface area (TPSA) is 12.0 Å². The van der Waals surface area contributed by atoms with Gasteiger partial charge in [0.15, 0.2) is 0 Å². The van der Waals surface area contributed by atoms with Crippen molar-refractivity contribution in [2.24, 2.45) is 5.41 Å². The van der Waals surface area contributed by atoms with E-state index in [-0.39, 0.29) is 11.2 Å². The number of halogens is 1. The lowest BCUT2D eigenvalue weighted by Crippen LogP contribution is -2.31. The van der Waals surface area contributed by atoms with Crippen molar-refractivity contribution in [1.82, 2.24) is 5.32 Å². The van der Waals surface area contributed by atoms with Crippen LogP contribution >= 0.6 is 0 Å². The standard InChI is InChI=1S/C14H22FN/c1-4-9-16-11-14(2,3)10-12-7-5-6-8-13(12)15/h5-8,16H,4,9-11H2,1-3H3. The van der Waals surface area contributed by atoms with E-state index < -0.39 is 0 Å². The zero-order valence-electron chi connectivity index (χ0n) is 10.5. The highest BCUT2D eigenvalue weighted by Crippen LogP contribution is 2.22. The summed E-state index contributed by atoms with van der Waals surface area (Å²) in [5.74, 6) is -0.0916. The first-order valence-electron chi connectivity index (χ1n) is 5.99. The van der Waals surface area contributed by atoms with E-state index in [4.69, 9.17) is 0 Å². The molecule has 90 valence electrons. The van der Waals surface area contributed by atoms with Gasteiger partial charge in [0, 0.05) is 6.54 Å². The fourth-order valence-corrected chi connectivity index (χ4v) is 1.82. The summed E-state index contributed by atoms with van der Waals surface area (Å²) in [6, 6.07) is 7.04. The molecule has 1 N–H and O–H groups in total. The Morgan fingerprint density at radius 3 is 2.56 bits per heavy atom. The molecule has 0 saturated heterocycles. The van der Waals surface area contributed by atoms with Crippen LogP contribution < -0.4 is 5.32 Å². The predicted octanol–water partition coefficient (Wildman–Crippen LogP) is 3.39. The molecule has 2 heteroatoms. The molecule has 0 spiro atoms. The average molecular weight is 223 g/mol. The molecule has 0 fully saturated rings. The van der Waals surface area contributed by atoms with Gasteiger partial charge in [-0.1, -0.05) is 39.0 Å². The lowest BCUT2D eigenvalue weighted by atomic mass is 9.85. The van der Waals surface area contributed by atoms with E-state index >= 15 is 0 Å². The lowest BCUT2D eigenvalue weighted by Gasteiger charge is -2.25. The van der Waals surface area contributed by atoms with Gasteiger partial charge in [-0.2, -0.15) is 0 Å².